The first-order valence-electron chi connectivity index (χ1n) is 7.61. The van der Waals surface area contributed by atoms with E-state index in [9.17, 15) is 4.79 Å². The number of ketones is 1. The van der Waals surface area contributed by atoms with E-state index >= 15 is 0 Å². The van der Waals surface area contributed by atoms with Crippen LogP contribution >= 0.6 is 12.6 Å². The van der Waals surface area contributed by atoms with Crippen LogP contribution in [0.2, 0.25) is 0 Å². The van der Waals surface area contributed by atoms with E-state index in [4.69, 9.17) is 9.47 Å². The SMILES string of the molecule is CC(C)(CCOC(C)(C)C(=O)CCS)OC1=CCCC=C1. The highest BCUT2D eigenvalue weighted by atomic mass is 32.1. The molecule has 21 heavy (non-hydrogen) atoms. The third-order valence-electron chi connectivity index (χ3n) is 3.53. The predicted molar refractivity (Wildman–Crippen MR) is 89.7 cm³/mol. The molecule has 0 radical (unpaired) electrons. The summed E-state index contributed by atoms with van der Waals surface area (Å²) in [6.07, 6.45) is 9.54. The predicted octanol–water partition coefficient (Wildman–Crippen LogP) is 4.09. The zero-order valence-electron chi connectivity index (χ0n) is 13.6. The molecule has 0 aromatic carbocycles. The second kappa shape index (κ2) is 8.04. The van der Waals surface area contributed by atoms with Crippen LogP contribution in [-0.4, -0.2) is 29.3 Å². The van der Waals surface area contributed by atoms with Gasteiger partial charge in [-0.3, -0.25) is 4.79 Å². The molecule has 0 saturated carbocycles. The first-order valence-corrected chi connectivity index (χ1v) is 8.24. The van der Waals surface area contributed by atoms with E-state index in [1.165, 1.54) is 0 Å². The lowest BCUT2D eigenvalue weighted by molar-refractivity contribution is -0.141. The molecule has 0 fully saturated rings. The Bertz CT molecular complexity index is 408. The molecule has 0 amide bonds. The number of hydrogen-bond donors (Lipinski definition) is 1. The number of ether oxygens (including phenoxy) is 2. The Balaban J connectivity index is 2.40. The minimum Gasteiger partial charge on any atom is -0.488 e. The van der Waals surface area contributed by atoms with Crippen LogP contribution in [-0.2, 0) is 14.3 Å². The Morgan fingerprint density at radius 3 is 2.57 bits per heavy atom. The Kier molecular flexibility index (Phi) is 7.01. The van der Waals surface area contributed by atoms with Gasteiger partial charge in [-0.05, 0) is 58.4 Å². The summed E-state index contributed by atoms with van der Waals surface area (Å²) in [6, 6.07) is 0. The standard InChI is InChI=1S/C17H28O3S/c1-16(2,20-14-8-6-5-7-9-14)11-12-19-17(3,4)15(18)10-13-21/h6,8-9,21H,5,7,10-13H2,1-4H3. The molecular formula is C17H28O3S. The van der Waals surface area contributed by atoms with Crippen LogP contribution < -0.4 is 0 Å². The van der Waals surface area contributed by atoms with E-state index in [1.807, 2.05) is 33.8 Å². The van der Waals surface area contributed by atoms with Crippen molar-refractivity contribution in [2.75, 3.05) is 12.4 Å². The van der Waals surface area contributed by atoms with Crippen LogP contribution in [0.4, 0.5) is 0 Å². The van der Waals surface area contributed by atoms with Gasteiger partial charge in [0, 0.05) is 12.8 Å². The molecule has 0 heterocycles. The van der Waals surface area contributed by atoms with E-state index in [1.54, 1.807) is 0 Å². The van der Waals surface area contributed by atoms with Crippen molar-refractivity contribution < 1.29 is 14.3 Å². The second-order valence-electron chi connectivity index (χ2n) is 6.45. The Labute approximate surface area is 134 Å². The zero-order chi connectivity index (χ0) is 15.9. The van der Waals surface area contributed by atoms with Crippen LogP contribution in [0.25, 0.3) is 0 Å². The van der Waals surface area contributed by atoms with Crippen LogP contribution in [0, 0.1) is 0 Å². The fourth-order valence-corrected chi connectivity index (χ4v) is 2.27. The summed E-state index contributed by atoms with van der Waals surface area (Å²) in [5.41, 5.74) is -1.06. The molecule has 3 nitrogen and oxygen atoms in total. The normalized spacial score (nSPS) is 15.8. The number of rotatable bonds is 9. The molecule has 0 saturated heterocycles. The van der Waals surface area contributed by atoms with Crippen LogP contribution in [0.3, 0.4) is 0 Å². The summed E-state index contributed by atoms with van der Waals surface area (Å²) in [4.78, 5) is 11.9. The molecule has 0 aromatic rings. The smallest absolute Gasteiger partial charge is 0.164 e. The maximum absolute atomic E-state index is 11.9. The highest BCUT2D eigenvalue weighted by molar-refractivity contribution is 7.80. The number of carbonyl (C=O) groups excluding carboxylic acids is 1. The van der Waals surface area contributed by atoms with Gasteiger partial charge in [0.25, 0.3) is 0 Å². The summed E-state index contributed by atoms with van der Waals surface area (Å²) in [7, 11) is 0. The van der Waals surface area contributed by atoms with Gasteiger partial charge >= 0.3 is 0 Å². The van der Waals surface area contributed by atoms with Gasteiger partial charge in [-0.25, -0.2) is 0 Å². The van der Waals surface area contributed by atoms with Crippen molar-refractivity contribution in [3.05, 3.63) is 24.0 Å². The summed E-state index contributed by atoms with van der Waals surface area (Å²) in [6.45, 7) is 8.22. The molecule has 0 unspecified atom stereocenters. The van der Waals surface area contributed by atoms with Crippen molar-refractivity contribution in [1.29, 1.82) is 0 Å². The lowest BCUT2D eigenvalue weighted by atomic mass is 10.0. The minimum absolute atomic E-state index is 0.0918. The fourth-order valence-electron chi connectivity index (χ4n) is 2.07. The van der Waals surface area contributed by atoms with Gasteiger partial charge in [-0.2, -0.15) is 12.6 Å². The lowest BCUT2D eigenvalue weighted by Gasteiger charge is -2.30. The maximum atomic E-state index is 11.9. The van der Waals surface area contributed by atoms with E-state index in [2.05, 4.69) is 24.8 Å². The summed E-state index contributed by atoms with van der Waals surface area (Å²) < 4.78 is 11.8. The first kappa shape index (κ1) is 18.3. The third kappa shape index (κ3) is 6.70. The molecular weight excluding hydrogens is 284 g/mol. The van der Waals surface area contributed by atoms with E-state index in [0.717, 1.165) is 25.0 Å². The molecule has 1 aliphatic carbocycles. The van der Waals surface area contributed by atoms with Gasteiger partial charge < -0.3 is 9.47 Å². The number of carbonyl (C=O) groups is 1. The molecule has 120 valence electrons. The molecule has 0 aromatic heterocycles. The van der Waals surface area contributed by atoms with Crippen molar-refractivity contribution in [2.45, 2.75) is 64.6 Å². The quantitative estimate of drug-likeness (QED) is 0.651. The van der Waals surface area contributed by atoms with Crippen molar-refractivity contribution >= 4 is 18.4 Å². The highest BCUT2D eigenvalue weighted by Gasteiger charge is 2.29. The number of allylic oxidation sites excluding steroid dienone is 3. The molecule has 1 rings (SSSR count). The number of thiol groups is 1. The van der Waals surface area contributed by atoms with Crippen molar-refractivity contribution in [1.82, 2.24) is 0 Å². The Morgan fingerprint density at radius 1 is 1.29 bits per heavy atom. The van der Waals surface area contributed by atoms with Gasteiger partial charge in [-0.1, -0.05) is 6.08 Å². The van der Waals surface area contributed by atoms with Crippen molar-refractivity contribution in [3.8, 4) is 0 Å². The van der Waals surface area contributed by atoms with Crippen LogP contribution in [0.1, 0.15) is 53.4 Å². The van der Waals surface area contributed by atoms with Crippen LogP contribution in [0.5, 0.6) is 0 Å². The monoisotopic (exact) mass is 312 g/mol. The van der Waals surface area contributed by atoms with Gasteiger partial charge in [0.2, 0.25) is 0 Å². The van der Waals surface area contributed by atoms with Gasteiger partial charge in [0.05, 0.1) is 6.61 Å². The molecule has 0 spiro atoms. The maximum Gasteiger partial charge on any atom is 0.164 e. The number of Topliss-reactive ketones (excluding diaryl/α,β-unsaturated/α-hetero) is 1. The molecule has 0 bridgehead atoms. The Hall–Kier alpha value is -0.740. The van der Waals surface area contributed by atoms with E-state index in [-0.39, 0.29) is 11.4 Å². The topological polar surface area (TPSA) is 35.5 Å². The third-order valence-corrected chi connectivity index (χ3v) is 3.76. The minimum atomic E-state index is -0.747. The lowest BCUT2D eigenvalue weighted by Crippen LogP contribution is -2.37. The van der Waals surface area contributed by atoms with Crippen LogP contribution in [0.15, 0.2) is 24.0 Å². The average molecular weight is 312 g/mol. The second-order valence-corrected chi connectivity index (χ2v) is 6.90. The summed E-state index contributed by atoms with van der Waals surface area (Å²) in [5.74, 6) is 1.58. The summed E-state index contributed by atoms with van der Waals surface area (Å²) in [5, 5.41) is 0. The van der Waals surface area contributed by atoms with Gasteiger partial charge in [-0.15, -0.1) is 0 Å². The molecule has 4 heteroatoms. The molecule has 1 aliphatic rings. The molecule has 0 N–H and O–H groups in total. The van der Waals surface area contributed by atoms with Gasteiger partial charge in [0.15, 0.2) is 5.78 Å². The molecule has 0 atom stereocenters. The number of hydrogen-bond acceptors (Lipinski definition) is 4. The largest absolute Gasteiger partial charge is 0.488 e. The first-order chi connectivity index (χ1) is 9.77. The summed E-state index contributed by atoms with van der Waals surface area (Å²) >= 11 is 4.09. The van der Waals surface area contributed by atoms with E-state index in [0.29, 0.717) is 18.8 Å². The van der Waals surface area contributed by atoms with Crippen molar-refractivity contribution in [3.63, 3.8) is 0 Å². The van der Waals surface area contributed by atoms with Crippen molar-refractivity contribution in [2.24, 2.45) is 0 Å². The zero-order valence-corrected chi connectivity index (χ0v) is 14.5. The highest BCUT2D eigenvalue weighted by Crippen LogP contribution is 2.23. The fraction of sp³-hybridized carbons (Fsp3) is 0.706. The average Bonchev–Trinajstić information content (AvgIpc) is 2.39. The van der Waals surface area contributed by atoms with E-state index < -0.39 is 5.60 Å². The Morgan fingerprint density at radius 2 is 2.00 bits per heavy atom. The van der Waals surface area contributed by atoms with Gasteiger partial charge in [0.1, 0.15) is 17.0 Å². The molecule has 0 aliphatic heterocycles.